The number of nitrogens with zero attached hydrogens (tertiary/aromatic N) is 2. The van der Waals surface area contributed by atoms with Crippen molar-refractivity contribution >= 4 is 27.6 Å². The van der Waals surface area contributed by atoms with Gasteiger partial charge < -0.3 is 14.6 Å². The van der Waals surface area contributed by atoms with Crippen LogP contribution in [0.5, 0.6) is 0 Å². The molecule has 0 aliphatic rings. The molecule has 0 aliphatic heterocycles. The molecule has 3 rings (SSSR count). The Labute approximate surface area is 187 Å². The number of aromatic nitrogens is 1. The van der Waals surface area contributed by atoms with Crippen LogP contribution in [0, 0.1) is 6.92 Å². The molecule has 3 aromatic rings. The third kappa shape index (κ3) is 5.06. The van der Waals surface area contributed by atoms with Gasteiger partial charge in [-0.05, 0) is 61.9 Å². The van der Waals surface area contributed by atoms with Gasteiger partial charge in [-0.2, -0.15) is 0 Å². The van der Waals surface area contributed by atoms with E-state index in [1.54, 1.807) is 31.2 Å². The van der Waals surface area contributed by atoms with Crippen LogP contribution in [-0.4, -0.2) is 49.4 Å². The van der Waals surface area contributed by atoms with E-state index in [1.165, 1.54) is 33.2 Å². The summed E-state index contributed by atoms with van der Waals surface area (Å²) in [4.78, 5) is 25.2. The van der Waals surface area contributed by atoms with Gasteiger partial charge in [0.25, 0.3) is 5.91 Å². The summed E-state index contributed by atoms with van der Waals surface area (Å²) in [5, 5.41) is 2.65. The van der Waals surface area contributed by atoms with Crippen molar-refractivity contribution in [3.05, 3.63) is 78.1 Å². The van der Waals surface area contributed by atoms with Crippen molar-refractivity contribution < 1.29 is 22.7 Å². The SMILES string of the molecule is Cc1ccc(S(=O)(=O)N(C)C)cc1NC(=O)[C@H](C)OC(=O)c1cccc(-n2cccc2)c1. The van der Waals surface area contributed by atoms with Crippen LogP contribution in [-0.2, 0) is 19.6 Å². The number of anilines is 1. The summed E-state index contributed by atoms with van der Waals surface area (Å²) < 4.78 is 33.0. The summed E-state index contributed by atoms with van der Waals surface area (Å²) in [7, 11) is -0.794. The summed E-state index contributed by atoms with van der Waals surface area (Å²) >= 11 is 0. The minimum absolute atomic E-state index is 0.0508. The second-order valence-corrected chi connectivity index (χ2v) is 9.59. The smallest absolute Gasteiger partial charge is 0.338 e. The van der Waals surface area contributed by atoms with Gasteiger partial charge in [-0.1, -0.05) is 12.1 Å². The molecule has 0 fully saturated rings. The average molecular weight is 456 g/mol. The monoisotopic (exact) mass is 455 g/mol. The van der Waals surface area contributed by atoms with Crippen LogP contribution in [0.4, 0.5) is 5.69 Å². The summed E-state index contributed by atoms with van der Waals surface area (Å²) in [6, 6.07) is 15.1. The second-order valence-electron chi connectivity index (χ2n) is 7.44. The quantitative estimate of drug-likeness (QED) is 0.552. The van der Waals surface area contributed by atoms with E-state index in [4.69, 9.17) is 4.74 Å². The van der Waals surface area contributed by atoms with Gasteiger partial charge in [0.1, 0.15) is 0 Å². The van der Waals surface area contributed by atoms with Crippen LogP contribution in [0.15, 0.2) is 71.9 Å². The minimum Gasteiger partial charge on any atom is -0.449 e. The highest BCUT2D eigenvalue weighted by Gasteiger charge is 2.22. The van der Waals surface area contributed by atoms with Gasteiger partial charge in [-0.25, -0.2) is 17.5 Å². The highest BCUT2D eigenvalue weighted by Crippen LogP contribution is 2.22. The number of esters is 1. The van der Waals surface area contributed by atoms with Crippen molar-refractivity contribution in [2.24, 2.45) is 0 Å². The van der Waals surface area contributed by atoms with Crippen molar-refractivity contribution in [1.29, 1.82) is 0 Å². The Hall–Kier alpha value is -3.43. The van der Waals surface area contributed by atoms with Crippen LogP contribution >= 0.6 is 0 Å². The second kappa shape index (κ2) is 9.37. The van der Waals surface area contributed by atoms with Gasteiger partial charge in [0.05, 0.1) is 10.5 Å². The number of hydrogen-bond donors (Lipinski definition) is 1. The lowest BCUT2D eigenvalue weighted by molar-refractivity contribution is -0.123. The molecule has 168 valence electrons. The first-order valence-electron chi connectivity index (χ1n) is 9.88. The molecule has 1 N–H and O–H groups in total. The Balaban J connectivity index is 1.72. The molecule has 0 saturated heterocycles. The molecule has 1 aromatic heterocycles. The van der Waals surface area contributed by atoms with E-state index < -0.39 is 28.0 Å². The number of rotatable bonds is 7. The summed E-state index contributed by atoms with van der Waals surface area (Å²) in [6.45, 7) is 3.20. The lowest BCUT2D eigenvalue weighted by atomic mass is 10.2. The van der Waals surface area contributed by atoms with Gasteiger partial charge in [0.15, 0.2) is 6.10 Å². The van der Waals surface area contributed by atoms with Crippen LogP contribution < -0.4 is 5.32 Å². The maximum absolute atomic E-state index is 12.6. The fourth-order valence-electron chi connectivity index (χ4n) is 2.92. The lowest BCUT2D eigenvalue weighted by Crippen LogP contribution is -2.30. The van der Waals surface area contributed by atoms with Gasteiger partial charge in [-0.3, -0.25) is 4.79 Å². The molecule has 0 saturated carbocycles. The maximum atomic E-state index is 12.6. The first kappa shape index (κ1) is 23.2. The predicted octanol–water partition coefficient (Wildman–Crippen LogP) is 3.22. The Bertz CT molecular complexity index is 1230. The van der Waals surface area contributed by atoms with E-state index in [0.717, 1.165) is 9.99 Å². The molecule has 0 aliphatic carbocycles. The molecule has 1 heterocycles. The largest absolute Gasteiger partial charge is 0.449 e. The Morgan fingerprint density at radius 3 is 2.38 bits per heavy atom. The molecular weight excluding hydrogens is 430 g/mol. The summed E-state index contributed by atoms with van der Waals surface area (Å²) in [5.74, 6) is -1.20. The number of carbonyl (C=O) groups is 2. The van der Waals surface area contributed by atoms with E-state index in [-0.39, 0.29) is 4.90 Å². The Morgan fingerprint density at radius 1 is 1.03 bits per heavy atom. The number of carbonyl (C=O) groups excluding carboxylic acids is 2. The number of aryl methyl sites for hydroxylation is 1. The van der Waals surface area contributed by atoms with E-state index in [1.807, 2.05) is 35.2 Å². The van der Waals surface area contributed by atoms with Gasteiger partial charge >= 0.3 is 5.97 Å². The average Bonchev–Trinajstić information content (AvgIpc) is 3.30. The number of benzene rings is 2. The first-order valence-corrected chi connectivity index (χ1v) is 11.3. The zero-order chi connectivity index (χ0) is 23.5. The molecule has 32 heavy (non-hydrogen) atoms. The molecule has 8 nitrogen and oxygen atoms in total. The van der Waals surface area contributed by atoms with Crippen molar-refractivity contribution in [2.75, 3.05) is 19.4 Å². The molecule has 0 radical (unpaired) electrons. The molecule has 1 atom stereocenters. The zero-order valence-electron chi connectivity index (χ0n) is 18.3. The molecule has 1 amide bonds. The number of amides is 1. The van der Waals surface area contributed by atoms with E-state index in [2.05, 4.69) is 5.32 Å². The topological polar surface area (TPSA) is 97.7 Å². The fraction of sp³-hybridized carbons (Fsp3) is 0.217. The number of ether oxygens (including phenoxy) is 1. The van der Waals surface area contributed by atoms with Crippen molar-refractivity contribution in [2.45, 2.75) is 24.8 Å². The van der Waals surface area contributed by atoms with Gasteiger partial charge in [0.2, 0.25) is 10.0 Å². The Kier molecular flexibility index (Phi) is 6.81. The van der Waals surface area contributed by atoms with Crippen LogP contribution in [0.1, 0.15) is 22.8 Å². The van der Waals surface area contributed by atoms with E-state index in [0.29, 0.717) is 16.8 Å². The third-order valence-electron chi connectivity index (χ3n) is 4.88. The van der Waals surface area contributed by atoms with Crippen molar-refractivity contribution in [3.8, 4) is 5.69 Å². The Morgan fingerprint density at radius 2 is 1.72 bits per heavy atom. The highest BCUT2D eigenvalue weighted by atomic mass is 32.2. The zero-order valence-corrected chi connectivity index (χ0v) is 19.1. The summed E-state index contributed by atoms with van der Waals surface area (Å²) in [5.41, 5.74) is 2.10. The van der Waals surface area contributed by atoms with E-state index in [9.17, 15) is 18.0 Å². The number of hydrogen-bond acceptors (Lipinski definition) is 5. The number of sulfonamides is 1. The van der Waals surface area contributed by atoms with Crippen LogP contribution in [0.3, 0.4) is 0 Å². The van der Waals surface area contributed by atoms with Crippen molar-refractivity contribution in [3.63, 3.8) is 0 Å². The van der Waals surface area contributed by atoms with Gasteiger partial charge in [0, 0.05) is 37.9 Å². The minimum atomic E-state index is -3.66. The van der Waals surface area contributed by atoms with Crippen LogP contribution in [0.2, 0.25) is 0 Å². The molecular formula is C23H25N3O5S. The highest BCUT2D eigenvalue weighted by molar-refractivity contribution is 7.89. The van der Waals surface area contributed by atoms with E-state index >= 15 is 0 Å². The molecule has 0 unspecified atom stereocenters. The number of nitrogens with one attached hydrogen (secondary N) is 1. The predicted molar refractivity (Wildman–Crippen MR) is 121 cm³/mol. The summed E-state index contributed by atoms with van der Waals surface area (Å²) in [6.07, 6.45) is 2.62. The molecule has 0 spiro atoms. The van der Waals surface area contributed by atoms with Crippen molar-refractivity contribution in [1.82, 2.24) is 8.87 Å². The first-order chi connectivity index (χ1) is 15.1. The van der Waals surface area contributed by atoms with Crippen LogP contribution in [0.25, 0.3) is 5.69 Å². The molecule has 9 heteroatoms. The third-order valence-corrected chi connectivity index (χ3v) is 6.69. The molecule has 2 aromatic carbocycles. The lowest BCUT2D eigenvalue weighted by Gasteiger charge is -2.17. The van der Waals surface area contributed by atoms with Gasteiger partial charge in [-0.15, -0.1) is 0 Å². The fourth-order valence-corrected chi connectivity index (χ4v) is 3.85. The molecule has 0 bridgehead atoms. The standard InChI is InChI=1S/C23H25N3O5S/c1-16-10-11-20(32(29,30)25(3)4)15-21(16)24-22(27)17(2)31-23(28)18-8-7-9-19(14-18)26-12-5-6-13-26/h5-15,17H,1-4H3,(H,24,27)/t17-/m0/s1. The normalized spacial score (nSPS) is 12.4. The maximum Gasteiger partial charge on any atom is 0.338 e.